The van der Waals surface area contributed by atoms with E-state index in [4.69, 9.17) is 21.6 Å². The molecule has 0 saturated carbocycles. The molecule has 2 aliphatic rings. The molecule has 2 aromatic heterocycles. The number of anilines is 2. The molecule has 0 radical (unpaired) electrons. The Labute approximate surface area is 231 Å². The number of piperazine rings is 1. The molecular weight excluding hydrogens is 517 g/mol. The molecule has 0 unspecified atom stereocenters. The lowest BCUT2D eigenvalue weighted by atomic mass is 9.95. The van der Waals surface area contributed by atoms with Crippen molar-refractivity contribution in [1.82, 2.24) is 25.1 Å². The largest absolute Gasteiger partial charge is 0.349 e. The summed E-state index contributed by atoms with van der Waals surface area (Å²) in [5.41, 5.74) is 2.94. The first-order valence-corrected chi connectivity index (χ1v) is 13.6. The van der Waals surface area contributed by atoms with E-state index in [-0.39, 0.29) is 28.5 Å². The summed E-state index contributed by atoms with van der Waals surface area (Å²) in [6.45, 7) is 14.5. The topological polar surface area (TPSA) is 81.3 Å². The number of aromatic amines is 1. The summed E-state index contributed by atoms with van der Waals surface area (Å²) in [7, 11) is 0. The Hall–Kier alpha value is -3.72. The van der Waals surface area contributed by atoms with E-state index in [1.165, 1.54) is 6.08 Å². The molecule has 2 aromatic carbocycles. The number of nitrogens with one attached hydrogen (secondary N) is 1. The van der Waals surface area contributed by atoms with Crippen molar-refractivity contribution in [2.24, 2.45) is 5.92 Å². The number of amides is 1. The quantitative estimate of drug-likeness (QED) is 0.347. The van der Waals surface area contributed by atoms with Crippen molar-refractivity contribution in [3.63, 3.8) is 0 Å². The Kier molecular flexibility index (Phi) is 6.21. The molecule has 4 aromatic rings. The van der Waals surface area contributed by atoms with E-state index < -0.39 is 5.82 Å². The van der Waals surface area contributed by atoms with Crippen molar-refractivity contribution in [2.45, 2.75) is 39.8 Å². The Morgan fingerprint density at radius 2 is 1.87 bits per heavy atom. The lowest BCUT2D eigenvalue weighted by molar-refractivity contribution is -0.128. The van der Waals surface area contributed by atoms with Crippen molar-refractivity contribution >= 4 is 51.1 Å². The van der Waals surface area contributed by atoms with E-state index >= 15 is 4.39 Å². The molecule has 2 fully saturated rings. The van der Waals surface area contributed by atoms with Crippen LogP contribution in [0.2, 0.25) is 5.02 Å². The molecule has 1 N–H and O–H groups in total. The van der Waals surface area contributed by atoms with Crippen LogP contribution in [0.25, 0.3) is 32.9 Å². The number of aryl methyl sites for hydroxylation is 1. The van der Waals surface area contributed by atoms with Crippen molar-refractivity contribution in [3.8, 4) is 11.1 Å². The van der Waals surface area contributed by atoms with Gasteiger partial charge in [0, 0.05) is 60.2 Å². The van der Waals surface area contributed by atoms with Crippen LogP contribution < -0.4 is 9.80 Å². The Morgan fingerprint density at radius 3 is 2.59 bits per heavy atom. The third-order valence-electron chi connectivity index (χ3n) is 8.00. The summed E-state index contributed by atoms with van der Waals surface area (Å²) in [4.78, 5) is 28.2. The van der Waals surface area contributed by atoms with Gasteiger partial charge >= 0.3 is 0 Å². The first-order valence-electron chi connectivity index (χ1n) is 13.2. The summed E-state index contributed by atoms with van der Waals surface area (Å²) in [5.74, 6) is 1.08. The SMILES string of the molecule is C=CC(=O)N1C[C@H](C)N(c2nc(N3CC(C)C3)nc3c(F)c(-c4c(C)ccc5[nH]ncc45)c(Cl)cc23)C[C@H]1C. The van der Waals surface area contributed by atoms with Crippen molar-refractivity contribution < 1.29 is 9.18 Å². The number of hydrogen-bond donors (Lipinski definition) is 1. The second kappa shape index (κ2) is 9.48. The third-order valence-corrected chi connectivity index (χ3v) is 8.29. The molecule has 6 rings (SSSR count). The van der Waals surface area contributed by atoms with Crippen LogP contribution in [0.5, 0.6) is 0 Å². The molecule has 2 aliphatic heterocycles. The number of rotatable bonds is 4. The molecule has 0 aliphatic carbocycles. The van der Waals surface area contributed by atoms with E-state index in [0.29, 0.717) is 47.3 Å². The van der Waals surface area contributed by atoms with Gasteiger partial charge < -0.3 is 14.7 Å². The lowest BCUT2D eigenvalue weighted by Crippen LogP contribution is -2.58. The number of benzene rings is 2. The van der Waals surface area contributed by atoms with E-state index in [9.17, 15) is 4.79 Å². The minimum absolute atomic E-state index is 0.0604. The van der Waals surface area contributed by atoms with Gasteiger partial charge in [-0.05, 0) is 50.5 Å². The Balaban J connectivity index is 1.56. The predicted molar refractivity (Wildman–Crippen MR) is 154 cm³/mol. The predicted octanol–water partition coefficient (Wildman–Crippen LogP) is 5.34. The molecule has 8 nitrogen and oxygen atoms in total. The zero-order valence-electron chi connectivity index (χ0n) is 22.5. The first-order chi connectivity index (χ1) is 18.7. The minimum atomic E-state index is -0.478. The highest BCUT2D eigenvalue weighted by Crippen LogP contribution is 2.43. The smallest absolute Gasteiger partial charge is 0.246 e. The average Bonchev–Trinajstić information content (AvgIpc) is 3.37. The average molecular weight is 548 g/mol. The number of carbonyl (C=O) groups excluding carboxylic acids is 1. The number of nitrogens with zero attached hydrogens (tertiary/aromatic N) is 6. The van der Waals surface area contributed by atoms with E-state index in [1.54, 1.807) is 12.3 Å². The van der Waals surface area contributed by atoms with Gasteiger partial charge in [-0.25, -0.2) is 9.37 Å². The zero-order valence-corrected chi connectivity index (χ0v) is 23.3. The number of halogens is 2. The normalized spacial score (nSPS) is 20.1. The Bertz CT molecular complexity index is 1630. The second-order valence-electron chi connectivity index (χ2n) is 10.9. The molecule has 4 heterocycles. The fourth-order valence-electron chi connectivity index (χ4n) is 5.92. The van der Waals surface area contributed by atoms with Crippen LogP contribution in [-0.4, -0.2) is 69.2 Å². The summed E-state index contributed by atoms with van der Waals surface area (Å²) < 4.78 is 16.7. The third kappa shape index (κ3) is 4.11. The van der Waals surface area contributed by atoms with Crippen molar-refractivity contribution in [2.75, 3.05) is 36.0 Å². The number of hydrogen-bond acceptors (Lipinski definition) is 6. The van der Waals surface area contributed by atoms with Crippen LogP contribution in [0.4, 0.5) is 16.2 Å². The summed E-state index contributed by atoms with van der Waals surface area (Å²) >= 11 is 6.88. The maximum Gasteiger partial charge on any atom is 0.246 e. The monoisotopic (exact) mass is 547 g/mol. The van der Waals surface area contributed by atoms with Crippen molar-refractivity contribution in [1.29, 1.82) is 0 Å². The van der Waals surface area contributed by atoms with Crippen LogP contribution in [0.15, 0.2) is 37.1 Å². The van der Waals surface area contributed by atoms with Crippen LogP contribution in [0.1, 0.15) is 26.3 Å². The number of H-pyrrole nitrogens is 1. The number of carbonyl (C=O) groups is 1. The molecule has 1 amide bonds. The molecule has 2 saturated heterocycles. The molecule has 10 heteroatoms. The van der Waals surface area contributed by atoms with E-state index in [2.05, 4.69) is 33.5 Å². The highest BCUT2D eigenvalue weighted by Gasteiger charge is 2.35. The van der Waals surface area contributed by atoms with Gasteiger partial charge in [0.05, 0.1) is 16.7 Å². The van der Waals surface area contributed by atoms with Crippen LogP contribution in [0, 0.1) is 18.7 Å². The summed E-state index contributed by atoms with van der Waals surface area (Å²) in [6, 6.07) is 5.50. The van der Waals surface area contributed by atoms with Gasteiger partial charge in [0.25, 0.3) is 0 Å². The second-order valence-corrected chi connectivity index (χ2v) is 11.3. The fraction of sp³-hybridized carbons (Fsp3) is 0.379. The maximum atomic E-state index is 16.7. The molecule has 39 heavy (non-hydrogen) atoms. The van der Waals surface area contributed by atoms with Gasteiger partial charge in [-0.3, -0.25) is 9.89 Å². The first kappa shape index (κ1) is 25.6. The Morgan fingerprint density at radius 1 is 1.10 bits per heavy atom. The highest BCUT2D eigenvalue weighted by molar-refractivity contribution is 6.35. The van der Waals surface area contributed by atoms with Gasteiger partial charge in [0.1, 0.15) is 11.3 Å². The minimum Gasteiger partial charge on any atom is -0.349 e. The summed E-state index contributed by atoms with van der Waals surface area (Å²) in [6.07, 6.45) is 3.05. The zero-order chi connectivity index (χ0) is 27.6. The van der Waals surface area contributed by atoms with Gasteiger partial charge in [-0.15, -0.1) is 0 Å². The van der Waals surface area contributed by atoms with Gasteiger partial charge in [0.2, 0.25) is 11.9 Å². The highest BCUT2D eigenvalue weighted by atomic mass is 35.5. The van der Waals surface area contributed by atoms with Crippen LogP contribution in [0.3, 0.4) is 0 Å². The van der Waals surface area contributed by atoms with Gasteiger partial charge in [-0.2, -0.15) is 10.1 Å². The molecular formula is C29H31ClFN7O. The van der Waals surface area contributed by atoms with Crippen LogP contribution in [-0.2, 0) is 4.79 Å². The van der Waals surface area contributed by atoms with E-state index in [1.807, 2.05) is 37.8 Å². The summed E-state index contributed by atoms with van der Waals surface area (Å²) in [5, 5.41) is 8.77. The van der Waals surface area contributed by atoms with Crippen LogP contribution >= 0.6 is 11.6 Å². The van der Waals surface area contributed by atoms with Crippen molar-refractivity contribution in [3.05, 3.63) is 53.5 Å². The number of fused-ring (bicyclic) bond motifs is 2. The molecule has 0 bridgehead atoms. The van der Waals surface area contributed by atoms with Gasteiger partial charge in [-0.1, -0.05) is 31.2 Å². The molecule has 202 valence electrons. The fourth-order valence-corrected chi connectivity index (χ4v) is 6.21. The molecule has 2 atom stereocenters. The number of aromatic nitrogens is 4. The standard InChI is InChI=1S/C29H31ClFN7O/c1-6-23(39)37-13-18(5)38(14-17(37)4)28-19-9-21(30)25(24-16(3)7-8-22-20(24)10-32-35-22)26(31)27(19)33-29(34-28)36-11-15(2)12-36/h6-10,15,17-18H,1,11-14H2,2-5H3,(H,32,35)/t17-,18+/m1/s1. The molecule has 0 spiro atoms. The lowest BCUT2D eigenvalue weighted by Gasteiger charge is -2.45. The van der Waals surface area contributed by atoms with E-state index in [0.717, 1.165) is 29.6 Å². The maximum absolute atomic E-state index is 16.7. The van der Waals surface area contributed by atoms with Gasteiger partial charge in [0.15, 0.2) is 5.82 Å².